The van der Waals surface area contributed by atoms with Gasteiger partial charge in [-0.2, -0.15) is 0 Å². The van der Waals surface area contributed by atoms with Gasteiger partial charge < -0.3 is 8.98 Å². The van der Waals surface area contributed by atoms with Crippen molar-refractivity contribution >= 4 is 26.9 Å². The molecule has 0 saturated heterocycles. The van der Waals surface area contributed by atoms with Gasteiger partial charge in [-0.15, -0.1) is 0 Å². The molecule has 0 bridgehead atoms. The Morgan fingerprint density at radius 2 is 2.31 bits per heavy atom. The first kappa shape index (κ1) is 9.66. The zero-order valence-corrected chi connectivity index (χ0v) is 10.0. The van der Waals surface area contributed by atoms with E-state index in [0.717, 1.165) is 27.6 Å². The third-order valence-corrected chi connectivity index (χ3v) is 3.17. The number of hydrogen-bond donors (Lipinski definition) is 0. The van der Waals surface area contributed by atoms with Gasteiger partial charge in [-0.05, 0) is 22.0 Å². The van der Waals surface area contributed by atoms with E-state index in [1.54, 1.807) is 18.8 Å². The normalized spacial score (nSPS) is 11.1. The SMILES string of the molecule is Brc1cccc2c(Cn3ccnc3)coc12. The molecule has 0 atom stereocenters. The topological polar surface area (TPSA) is 31.0 Å². The number of benzene rings is 1. The van der Waals surface area contributed by atoms with E-state index >= 15 is 0 Å². The summed E-state index contributed by atoms with van der Waals surface area (Å²) in [5, 5.41) is 1.14. The van der Waals surface area contributed by atoms with Crippen LogP contribution in [0.15, 0.2) is 52.1 Å². The molecule has 0 spiro atoms. The molecule has 3 rings (SSSR count). The molecular formula is C12H9BrN2O. The number of rotatable bonds is 2. The summed E-state index contributed by atoms with van der Waals surface area (Å²) in [5.74, 6) is 0. The van der Waals surface area contributed by atoms with Crippen LogP contribution in [0.1, 0.15) is 5.56 Å². The van der Waals surface area contributed by atoms with Crippen molar-refractivity contribution in [3.8, 4) is 0 Å². The number of imidazole rings is 1. The van der Waals surface area contributed by atoms with Crippen LogP contribution in [0.25, 0.3) is 11.0 Å². The van der Waals surface area contributed by atoms with E-state index in [1.807, 2.05) is 22.9 Å². The third-order valence-electron chi connectivity index (χ3n) is 2.54. The summed E-state index contributed by atoms with van der Waals surface area (Å²) in [5.41, 5.74) is 2.06. The molecule has 80 valence electrons. The number of hydrogen-bond acceptors (Lipinski definition) is 2. The first-order valence-corrected chi connectivity index (χ1v) is 5.74. The molecule has 16 heavy (non-hydrogen) atoms. The van der Waals surface area contributed by atoms with Gasteiger partial charge in [-0.1, -0.05) is 12.1 Å². The Balaban J connectivity index is 2.08. The summed E-state index contributed by atoms with van der Waals surface area (Å²) < 4.78 is 8.55. The molecule has 0 amide bonds. The van der Waals surface area contributed by atoms with Gasteiger partial charge >= 0.3 is 0 Å². The Hall–Kier alpha value is -1.55. The maximum absolute atomic E-state index is 5.55. The van der Waals surface area contributed by atoms with E-state index in [9.17, 15) is 0 Å². The lowest BCUT2D eigenvalue weighted by molar-refractivity contribution is 0.605. The van der Waals surface area contributed by atoms with Crippen LogP contribution in [0, 0.1) is 0 Å². The monoisotopic (exact) mass is 276 g/mol. The highest BCUT2D eigenvalue weighted by atomic mass is 79.9. The molecule has 0 saturated carbocycles. The van der Waals surface area contributed by atoms with E-state index in [-0.39, 0.29) is 0 Å². The molecule has 2 heterocycles. The summed E-state index contributed by atoms with van der Waals surface area (Å²) in [7, 11) is 0. The average Bonchev–Trinajstić information content (AvgIpc) is 2.90. The molecule has 3 nitrogen and oxygen atoms in total. The van der Waals surface area contributed by atoms with Crippen LogP contribution in [-0.4, -0.2) is 9.55 Å². The Bertz CT molecular complexity index is 613. The van der Waals surface area contributed by atoms with Crippen LogP contribution in [-0.2, 0) is 6.54 Å². The van der Waals surface area contributed by atoms with Crippen molar-refractivity contribution in [2.75, 3.05) is 0 Å². The van der Waals surface area contributed by atoms with Gasteiger partial charge in [0.25, 0.3) is 0 Å². The summed E-state index contributed by atoms with van der Waals surface area (Å²) in [6, 6.07) is 6.06. The van der Waals surface area contributed by atoms with E-state index in [0.29, 0.717) is 0 Å². The lowest BCUT2D eigenvalue weighted by atomic mass is 10.2. The highest BCUT2D eigenvalue weighted by Crippen LogP contribution is 2.28. The molecule has 0 N–H and O–H groups in total. The van der Waals surface area contributed by atoms with Gasteiger partial charge in [0, 0.05) is 23.3 Å². The maximum Gasteiger partial charge on any atom is 0.148 e. The summed E-state index contributed by atoms with van der Waals surface area (Å²) >= 11 is 3.48. The van der Waals surface area contributed by atoms with Gasteiger partial charge in [-0.25, -0.2) is 4.98 Å². The van der Waals surface area contributed by atoms with Crippen molar-refractivity contribution in [3.05, 3.63) is 53.2 Å². The average molecular weight is 277 g/mol. The fourth-order valence-corrected chi connectivity index (χ4v) is 2.23. The molecule has 0 aliphatic carbocycles. The summed E-state index contributed by atoms with van der Waals surface area (Å²) in [4.78, 5) is 4.02. The Labute approximate surface area is 101 Å². The molecular weight excluding hydrogens is 268 g/mol. The van der Waals surface area contributed by atoms with Gasteiger partial charge in [0.2, 0.25) is 0 Å². The van der Waals surface area contributed by atoms with Gasteiger partial charge in [0.05, 0.1) is 23.6 Å². The van der Waals surface area contributed by atoms with Crippen molar-refractivity contribution in [2.45, 2.75) is 6.54 Å². The van der Waals surface area contributed by atoms with Crippen LogP contribution in [0.2, 0.25) is 0 Å². The molecule has 0 aliphatic rings. The van der Waals surface area contributed by atoms with E-state index in [2.05, 4.69) is 27.0 Å². The minimum Gasteiger partial charge on any atom is -0.463 e. The second-order valence-corrected chi connectivity index (χ2v) is 4.47. The van der Waals surface area contributed by atoms with E-state index < -0.39 is 0 Å². The number of fused-ring (bicyclic) bond motifs is 1. The Morgan fingerprint density at radius 1 is 1.38 bits per heavy atom. The number of nitrogens with zero attached hydrogens (tertiary/aromatic N) is 2. The van der Waals surface area contributed by atoms with Crippen molar-refractivity contribution < 1.29 is 4.42 Å². The minimum absolute atomic E-state index is 0.781. The van der Waals surface area contributed by atoms with Crippen LogP contribution in [0.5, 0.6) is 0 Å². The standard InChI is InChI=1S/C12H9BrN2O/c13-11-3-1-2-10-9(7-16-12(10)11)6-15-5-4-14-8-15/h1-5,7-8H,6H2. The zero-order valence-electron chi connectivity index (χ0n) is 8.43. The Morgan fingerprint density at radius 3 is 3.12 bits per heavy atom. The number of aromatic nitrogens is 2. The molecule has 2 aromatic heterocycles. The summed E-state index contributed by atoms with van der Waals surface area (Å²) in [6.07, 6.45) is 7.32. The van der Waals surface area contributed by atoms with Crippen molar-refractivity contribution in [1.82, 2.24) is 9.55 Å². The number of furan rings is 1. The van der Waals surface area contributed by atoms with E-state index in [1.165, 1.54) is 0 Å². The first-order chi connectivity index (χ1) is 7.84. The molecule has 0 aliphatic heterocycles. The predicted octanol–water partition coefficient (Wildman–Crippen LogP) is 3.44. The van der Waals surface area contributed by atoms with Gasteiger partial charge in [0.1, 0.15) is 5.58 Å². The van der Waals surface area contributed by atoms with Crippen molar-refractivity contribution in [2.24, 2.45) is 0 Å². The van der Waals surface area contributed by atoms with Crippen molar-refractivity contribution in [3.63, 3.8) is 0 Å². The minimum atomic E-state index is 0.781. The van der Waals surface area contributed by atoms with Gasteiger partial charge in [0.15, 0.2) is 0 Å². The predicted molar refractivity (Wildman–Crippen MR) is 65.2 cm³/mol. The fourth-order valence-electron chi connectivity index (χ4n) is 1.77. The smallest absolute Gasteiger partial charge is 0.148 e. The van der Waals surface area contributed by atoms with Gasteiger partial charge in [-0.3, -0.25) is 0 Å². The zero-order chi connectivity index (χ0) is 11.0. The molecule has 0 fully saturated rings. The highest BCUT2D eigenvalue weighted by Gasteiger charge is 2.08. The highest BCUT2D eigenvalue weighted by molar-refractivity contribution is 9.10. The van der Waals surface area contributed by atoms with E-state index in [4.69, 9.17) is 4.42 Å². The van der Waals surface area contributed by atoms with Crippen LogP contribution in [0.4, 0.5) is 0 Å². The van der Waals surface area contributed by atoms with Crippen molar-refractivity contribution in [1.29, 1.82) is 0 Å². The van der Waals surface area contributed by atoms with Crippen LogP contribution >= 0.6 is 15.9 Å². The van der Waals surface area contributed by atoms with Crippen LogP contribution in [0.3, 0.4) is 0 Å². The lowest BCUT2D eigenvalue weighted by Crippen LogP contribution is -1.94. The Kier molecular flexibility index (Phi) is 2.29. The molecule has 0 radical (unpaired) electrons. The first-order valence-electron chi connectivity index (χ1n) is 4.95. The maximum atomic E-state index is 5.55. The second-order valence-electron chi connectivity index (χ2n) is 3.61. The number of para-hydroxylation sites is 1. The third kappa shape index (κ3) is 1.55. The number of halogens is 1. The molecule has 1 aromatic carbocycles. The quantitative estimate of drug-likeness (QED) is 0.718. The van der Waals surface area contributed by atoms with Crippen LogP contribution < -0.4 is 0 Å². The molecule has 3 aromatic rings. The second kappa shape index (κ2) is 3.79. The largest absolute Gasteiger partial charge is 0.463 e. The molecule has 0 unspecified atom stereocenters. The summed E-state index contributed by atoms with van der Waals surface area (Å²) in [6.45, 7) is 0.781. The lowest BCUT2D eigenvalue weighted by Gasteiger charge is -1.99. The molecule has 4 heteroatoms. The fraction of sp³-hybridized carbons (Fsp3) is 0.0833.